The number of anilines is 1. The first-order valence-electron chi connectivity index (χ1n) is 8.64. The lowest BCUT2D eigenvalue weighted by Gasteiger charge is -2.29. The van der Waals surface area contributed by atoms with Crippen molar-refractivity contribution in [2.24, 2.45) is 5.41 Å². The molecule has 0 fully saturated rings. The Kier molecular flexibility index (Phi) is 5.87. The van der Waals surface area contributed by atoms with E-state index >= 15 is 0 Å². The molecule has 0 unspecified atom stereocenters. The van der Waals surface area contributed by atoms with Crippen LogP contribution in [0.4, 0.5) is 5.69 Å². The number of rotatable bonds is 6. The highest BCUT2D eigenvalue weighted by atomic mass is 17.5. The van der Waals surface area contributed by atoms with Crippen LogP contribution in [0, 0.1) is 5.41 Å². The Morgan fingerprint density at radius 2 is 1.70 bits per heavy atom. The quantitative estimate of drug-likeness (QED) is 0.428. The second-order valence-electron chi connectivity index (χ2n) is 8.34. The molecule has 0 spiro atoms. The fraction of sp³-hybridized carbons (Fsp3) is 0.450. The van der Waals surface area contributed by atoms with Gasteiger partial charge in [0, 0.05) is 11.6 Å². The van der Waals surface area contributed by atoms with E-state index in [0.717, 1.165) is 4.90 Å². The van der Waals surface area contributed by atoms with E-state index in [2.05, 4.69) is 20.8 Å². The summed E-state index contributed by atoms with van der Waals surface area (Å²) in [4.78, 5) is 47.6. The van der Waals surface area contributed by atoms with Gasteiger partial charge >= 0.3 is 5.97 Å². The van der Waals surface area contributed by atoms with Gasteiger partial charge in [-0.1, -0.05) is 32.9 Å². The van der Waals surface area contributed by atoms with Gasteiger partial charge in [-0.15, -0.1) is 0 Å². The average Bonchev–Trinajstić information content (AvgIpc) is 2.77. The summed E-state index contributed by atoms with van der Waals surface area (Å²) in [6.07, 6.45) is 1.88. The molecule has 0 bridgehead atoms. The second kappa shape index (κ2) is 7.62. The van der Waals surface area contributed by atoms with Gasteiger partial charge in [0.2, 0.25) is 0 Å². The predicted octanol–water partition coefficient (Wildman–Crippen LogP) is 3.74. The van der Waals surface area contributed by atoms with Gasteiger partial charge in [-0.2, -0.15) is 4.89 Å². The highest BCUT2D eigenvalue weighted by Gasteiger charge is 2.33. The van der Waals surface area contributed by atoms with Crippen LogP contribution in [0.3, 0.4) is 0 Å². The zero-order valence-electron chi connectivity index (χ0n) is 16.5. The molecule has 1 aliphatic rings. The molecule has 0 saturated heterocycles. The predicted molar refractivity (Wildman–Crippen MR) is 98.4 cm³/mol. The fourth-order valence-electron chi connectivity index (χ4n) is 3.15. The number of imide groups is 1. The van der Waals surface area contributed by atoms with Gasteiger partial charge in [0.15, 0.2) is 0 Å². The smallest absolute Gasteiger partial charge is 0.269 e. The number of para-hydroxylation sites is 1. The monoisotopic (exact) mass is 375 g/mol. The van der Waals surface area contributed by atoms with Crippen molar-refractivity contribution >= 4 is 23.5 Å². The molecular weight excluding hydrogens is 350 g/mol. The lowest BCUT2D eigenvalue weighted by molar-refractivity contribution is -0.514. The Bertz CT molecular complexity index is 788. The first-order chi connectivity index (χ1) is 12.4. The van der Waals surface area contributed by atoms with E-state index in [1.54, 1.807) is 12.1 Å². The maximum absolute atomic E-state index is 12.4. The van der Waals surface area contributed by atoms with Gasteiger partial charge in [-0.3, -0.25) is 14.5 Å². The SMILES string of the molecule is CC1=CC(=O)N(c2ccccc2C(=O)OOOC(C)(C)CC(C)(C)C)C1=O. The number of carbonyl (C=O) groups excluding carboxylic acids is 3. The van der Waals surface area contributed by atoms with Crippen molar-refractivity contribution in [2.75, 3.05) is 4.90 Å². The van der Waals surface area contributed by atoms with E-state index in [1.807, 2.05) is 13.8 Å². The summed E-state index contributed by atoms with van der Waals surface area (Å²) in [6.45, 7) is 11.3. The Labute approximate surface area is 158 Å². The van der Waals surface area contributed by atoms with Crippen LogP contribution in [0.25, 0.3) is 0 Å². The van der Waals surface area contributed by atoms with Crippen molar-refractivity contribution < 1.29 is 29.2 Å². The molecule has 0 saturated carbocycles. The van der Waals surface area contributed by atoms with Crippen LogP contribution in [0.15, 0.2) is 35.9 Å². The van der Waals surface area contributed by atoms with Gasteiger partial charge in [0.1, 0.15) is 5.60 Å². The molecule has 0 radical (unpaired) electrons. The first kappa shape index (κ1) is 20.8. The topological polar surface area (TPSA) is 82.1 Å². The minimum absolute atomic E-state index is 0.00912. The Balaban J connectivity index is 2.08. The molecule has 1 aromatic rings. The highest BCUT2D eigenvalue weighted by molar-refractivity contribution is 6.31. The summed E-state index contributed by atoms with van der Waals surface area (Å²) in [5.41, 5.74) is -0.250. The molecule has 0 aliphatic carbocycles. The van der Waals surface area contributed by atoms with E-state index in [-0.39, 0.29) is 16.7 Å². The Hall–Kier alpha value is -2.51. The van der Waals surface area contributed by atoms with Crippen molar-refractivity contribution in [3.63, 3.8) is 0 Å². The van der Waals surface area contributed by atoms with E-state index in [0.29, 0.717) is 12.0 Å². The molecule has 1 aromatic carbocycles. The Morgan fingerprint density at radius 1 is 1.07 bits per heavy atom. The normalized spacial score (nSPS) is 15.2. The second-order valence-corrected chi connectivity index (χ2v) is 8.34. The number of carbonyl (C=O) groups is 3. The maximum atomic E-state index is 12.4. The van der Waals surface area contributed by atoms with Crippen LogP contribution < -0.4 is 4.90 Å². The van der Waals surface area contributed by atoms with Crippen LogP contribution in [0.5, 0.6) is 0 Å². The zero-order valence-corrected chi connectivity index (χ0v) is 16.5. The number of hydrogen-bond acceptors (Lipinski definition) is 6. The van der Waals surface area contributed by atoms with Crippen LogP contribution in [0.2, 0.25) is 0 Å². The van der Waals surface area contributed by atoms with Crippen molar-refractivity contribution in [2.45, 2.75) is 53.6 Å². The molecule has 7 heteroatoms. The number of amides is 2. The number of nitrogens with zero attached hydrogens (tertiary/aromatic N) is 1. The van der Waals surface area contributed by atoms with Gasteiger partial charge < -0.3 is 0 Å². The van der Waals surface area contributed by atoms with Gasteiger partial charge in [0.25, 0.3) is 11.8 Å². The fourth-order valence-corrected chi connectivity index (χ4v) is 3.15. The van der Waals surface area contributed by atoms with Gasteiger partial charge in [0.05, 0.1) is 11.3 Å². The molecule has 0 atom stereocenters. The minimum atomic E-state index is -0.873. The number of hydrogen-bond donors (Lipinski definition) is 0. The van der Waals surface area contributed by atoms with Crippen LogP contribution in [-0.2, 0) is 24.4 Å². The minimum Gasteiger partial charge on any atom is -0.269 e. The molecule has 27 heavy (non-hydrogen) atoms. The van der Waals surface area contributed by atoms with Crippen LogP contribution in [0.1, 0.15) is 58.3 Å². The van der Waals surface area contributed by atoms with Crippen LogP contribution in [-0.4, -0.2) is 23.4 Å². The summed E-state index contributed by atoms with van der Waals surface area (Å²) in [5.74, 6) is -1.87. The van der Waals surface area contributed by atoms with Crippen molar-refractivity contribution in [1.82, 2.24) is 0 Å². The van der Waals surface area contributed by atoms with Crippen molar-refractivity contribution in [3.05, 3.63) is 41.5 Å². The van der Waals surface area contributed by atoms with Crippen LogP contribution >= 0.6 is 0 Å². The van der Waals surface area contributed by atoms with Gasteiger partial charge in [-0.25, -0.2) is 9.69 Å². The van der Waals surface area contributed by atoms with Crippen molar-refractivity contribution in [3.8, 4) is 0 Å². The summed E-state index contributed by atoms with van der Waals surface area (Å²) in [7, 11) is 0. The standard InChI is InChI=1S/C20H25NO6/c1-13-11-16(22)21(17(13)23)15-10-8-7-9-14(15)18(24)25-27-26-20(5,6)12-19(2,3)4/h7-11H,12H2,1-6H3. The van der Waals surface area contributed by atoms with Gasteiger partial charge in [-0.05, 0) is 49.8 Å². The van der Waals surface area contributed by atoms with E-state index in [4.69, 9.17) is 14.8 Å². The molecule has 7 nitrogen and oxygen atoms in total. The summed E-state index contributed by atoms with van der Waals surface area (Å²) >= 11 is 0. The third-order valence-electron chi connectivity index (χ3n) is 3.79. The average molecular weight is 375 g/mol. The summed E-state index contributed by atoms with van der Waals surface area (Å²) in [5, 5.41) is 4.70. The van der Waals surface area contributed by atoms with Crippen molar-refractivity contribution in [1.29, 1.82) is 0 Å². The molecule has 1 heterocycles. The molecule has 2 rings (SSSR count). The summed E-state index contributed by atoms with van der Waals surface area (Å²) in [6, 6.07) is 6.14. The molecular formula is C20H25NO6. The molecule has 0 aromatic heterocycles. The lowest BCUT2D eigenvalue weighted by Crippen LogP contribution is -2.32. The number of benzene rings is 1. The molecule has 0 N–H and O–H groups in total. The summed E-state index contributed by atoms with van der Waals surface area (Å²) < 4.78 is 0. The van der Waals surface area contributed by atoms with E-state index in [1.165, 1.54) is 25.1 Å². The maximum Gasteiger partial charge on any atom is 0.378 e. The van der Waals surface area contributed by atoms with E-state index in [9.17, 15) is 14.4 Å². The Morgan fingerprint density at radius 3 is 2.26 bits per heavy atom. The zero-order chi connectivity index (χ0) is 20.4. The third kappa shape index (κ3) is 5.24. The third-order valence-corrected chi connectivity index (χ3v) is 3.79. The lowest BCUT2D eigenvalue weighted by atomic mass is 9.84. The largest absolute Gasteiger partial charge is 0.378 e. The first-order valence-corrected chi connectivity index (χ1v) is 8.64. The van der Waals surface area contributed by atoms with E-state index < -0.39 is 23.4 Å². The highest BCUT2D eigenvalue weighted by Crippen LogP contribution is 2.30. The molecule has 146 valence electrons. The molecule has 1 aliphatic heterocycles. The molecule has 2 amide bonds.